The van der Waals surface area contributed by atoms with E-state index >= 15 is 0 Å². The predicted octanol–water partition coefficient (Wildman–Crippen LogP) is 2.52. The molecule has 1 atom stereocenters. The SMILES string of the molecule is CCCCCNC(=O)C1CCCN1S(=O)(=O)c1ccc(C)s1. The number of amides is 1. The molecule has 7 heteroatoms. The minimum absolute atomic E-state index is 0.162. The van der Waals surface area contributed by atoms with Gasteiger partial charge in [0.05, 0.1) is 0 Å². The first-order chi connectivity index (χ1) is 10.5. The van der Waals surface area contributed by atoms with Crippen molar-refractivity contribution in [2.75, 3.05) is 13.1 Å². The van der Waals surface area contributed by atoms with Gasteiger partial charge in [-0.05, 0) is 38.3 Å². The normalized spacial score (nSPS) is 19.5. The number of sulfonamides is 1. The Kier molecular flexibility index (Phi) is 6.00. The number of hydrogen-bond donors (Lipinski definition) is 1. The molecule has 124 valence electrons. The van der Waals surface area contributed by atoms with Crippen LogP contribution in [0.3, 0.4) is 0 Å². The minimum Gasteiger partial charge on any atom is -0.355 e. The number of unbranched alkanes of at least 4 members (excludes halogenated alkanes) is 2. The van der Waals surface area contributed by atoms with E-state index in [0.717, 1.165) is 30.6 Å². The summed E-state index contributed by atoms with van der Waals surface area (Å²) in [5.41, 5.74) is 0. The fourth-order valence-electron chi connectivity index (χ4n) is 2.66. The van der Waals surface area contributed by atoms with E-state index in [2.05, 4.69) is 12.2 Å². The van der Waals surface area contributed by atoms with Gasteiger partial charge in [0.15, 0.2) is 0 Å². The molecule has 1 saturated heterocycles. The highest BCUT2D eigenvalue weighted by molar-refractivity contribution is 7.91. The summed E-state index contributed by atoms with van der Waals surface area (Å²) in [5, 5.41) is 2.88. The van der Waals surface area contributed by atoms with Crippen molar-refractivity contribution < 1.29 is 13.2 Å². The highest BCUT2D eigenvalue weighted by Crippen LogP contribution is 2.30. The molecule has 0 radical (unpaired) electrons. The Morgan fingerprint density at radius 3 is 2.82 bits per heavy atom. The first-order valence-electron chi connectivity index (χ1n) is 7.83. The Balaban J connectivity index is 2.05. The summed E-state index contributed by atoms with van der Waals surface area (Å²) in [4.78, 5) is 13.2. The Morgan fingerprint density at radius 1 is 1.41 bits per heavy atom. The molecule has 0 aliphatic carbocycles. The number of carbonyl (C=O) groups is 1. The molecule has 0 aromatic carbocycles. The van der Waals surface area contributed by atoms with Gasteiger partial charge in [0.2, 0.25) is 5.91 Å². The van der Waals surface area contributed by atoms with Gasteiger partial charge in [0.25, 0.3) is 10.0 Å². The smallest absolute Gasteiger partial charge is 0.253 e. The lowest BCUT2D eigenvalue weighted by Gasteiger charge is -2.22. The largest absolute Gasteiger partial charge is 0.355 e. The Hall–Kier alpha value is -0.920. The Bertz CT molecular complexity index is 610. The molecule has 1 aromatic rings. The predicted molar refractivity (Wildman–Crippen MR) is 88.5 cm³/mol. The van der Waals surface area contributed by atoms with Crippen LogP contribution in [-0.2, 0) is 14.8 Å². The van der Waals surface area contributed by atoms with Crippen molar-refractivity contribution in [2.45, 2.75) is 56.2 Å². The number of carbonyl (C=O) groups excluding carboxylic acids is 1. The Labute approximate surface area is 136 Å². The van der Waals surface area contributed by atoms with Crippen molar-refractivity contribution in [1.82, 2.24) is 9.62 Å². The molecule has 1 N–H and O–H groups in total. The summed E-state index contributed by atoms with van der Waals surface area (Å²) in [5.74, 6) is -0.162. The maximum Gasteiger partial charge on any atom is 0.253 e. The van der Waals surface area contributed by atoms with Crippen molar-refractivity contribution in [1.29, 1.82) is 0 Å². The van der Waals surface area contributed by atoms with Crippen LogP contribution in [-0.4, -0.2) is 37.8 Å². The fourth-order valence-corrected chi connectivity index (χ4v) is 5.73. The van der Waals surface area contributed by atoms with Crippen molar-refractivity contribution in [3.8, 4) is 0 Å². The van der Waals surface area contributed by atoms with Gasteiger partial charge in [-0.15, -0.1) is 11.3 Å². The topological polar surface area (TPSA) is 66.5 Å². The molecule has 2 heterocycles. The van der Waals surface area contributed by atoms with Gasteiger partial charge in [-0.25, -0.2) is 8.42 Å². The molecule has 0 spiro atoms. The average molecular weight is 345 g/mol. The second-order valence-electron chi connectivity index (χ2n) is 5.64. The van der Waals surface area contributed by atoms with Crippen molar-refractivity contribution in [2.24, 2.45) is 0 Å². The van der Waals surface area contributed by atoms with Crippen molar-refractivity contribution in [3.05, 3.63) is 17.0 Å². The highest BCUT2D eigenvalue weighted by atomic mass is 32.2. The zero-order valence-corrected chi connectivity index (χ0v) is 14.8. The standard InChI is InChI=1S/C15H24N2O3S2/c1-3-4-5-10-16-15(18)13-7-6-11-17(13)22(19,20)14-9-8-12(2)21-14/h8-9,13H,3-7,10-11H2,1-2H3,(H,16,18). The van der Waals surface area contributed by atoms with Crippen LogP contribution in [0, 0.1) is 6.92 Å². The minimum atomic E-state index is -3.56. The van der Waals surface area contributed by atoms with Crippen LogP contribution in [0.1, 0.15) is 43.9 Å². The molecular formula is C15H24N2O3S2. The van der Waals surface area contributed by atoms with Crippen LogP contribution in [0.2, 0.25) is 0 Å². The molecule has 1 aromatic heterocycles. The third kappa shape index (κ3) is 3.88. The van der Waals surface area contributed by atoms with E-state index in [1.54, 1.807) is 12.1 Å². The average Bonchev–Trinajstić information content (AvgIpc) is 3.12. The van der Waals surface area contributed by atoms with E-state index in [9.17, 15) is 13.2 Å². The molecule has 2 rings (SSSR count). The van der Waals surface area contributed by atoms with E-state index in [-0.39, 0.29) is 5.91 Å². The van der Waals surface area contributed by atoms with E-state index in [1.165, 1.54) is 15.6 Å². The maximum absolute atomic E-state index is 12.7. The lowest BCUT2D eigenvalue weighted by atomic mass is 10.2. The summed E-state index contributed by atoms with van der Waals surface area (Å²) >= 11 is 1.26. The zero-order chi connectivity index (χ0) is 16.2. The number of rotatable bonds is 7. The summed E-state index contributed by atoms with van der Waals surface area (Å²) in [6.07, 6.45) is 4.44. The highest BCUT2D eigenvalue weighted by Gasteiger charge is 2.39. The molecule has 22 heavy (non-hydrogen) atoms. The van der Waals surface area contributed by atoms with Gasteiger partial charge in [0, 0.05) is 18.0 Å². The van der Waals surface area contributed by atoms with Crippen LogP contribution >= 0.6 is 11.3 Å². The van der Waals surface area contributed by atoms with Crippen LogP contribution in [0.5, 0.6) is 0 Å². The van der Waals surface area contributed by atoms with Gasteiger partial charge < -0.3 is 5.32 Å². The number of nitrogens with zero attached hydrogens (tertiary/aromatic N) is 1. The van der Waals surface area contributed by atoms with Crippen LogP contribution in [0.25, 0.3) is 0 Å². The lowest BCUT2D eigenvalue weighted by molar-refractivity contribution is -0.124. The molecule has 1 aliphatic rings. The Morgan fingerprint density at radius 2 is 2.18 bits per heavy atom. The number of nitrogens with one attached hydrogen (secondary N) is 1. The molecule has 1 aliphatic heterocycles. The van der Waals surface area contributed by atoms with Crippen LogP contribution < -0.4 is 5.32 Å². The number of aryl methyl sites for hydroxylation is 1. The van der Waals surface area contributed by atoms with Crippen molar-refractivity contribution in [3.63, 3.8) is 0 Å². The molecule has 1 amide bonds. The summed E-state index contributed by atoms with van der Waals surface area (Å²) in [7, 11) is -3.56. The lowest BCUT2D eigenvalue weighted by Crippen LogP contribution is -2.45. The first-order valence-corrected chi connectivity index (χ1v) is 10.1. The van der Waals surface area contributed by atoms with E-state index < -0.39 is 16.1 Å². The maximum atomic E-state index is 12.7. The molecule has 5 nitrogen and oxygen atoms in total. The third-order valence-electron chi connectivity index (χ3n) is 3.86. The monoisotopic (exact) mass is 344 g/mol. The van der Waals surface area contributed by atoms with E-state index in [0.29, 0.717) is 23.7 Å². The van der Waals surface area contributed by atoms with Crippen molar-refractivity contribution >= 4 is 27.3 Å². The fraction of sp³-hybridized carbons (Fsp3) is 0.667. The van der Waals surface area contributed by atoms with Gasteiger partial charge in [-0.3, -0.25) is 4.79 Å². The van der Waals surface area contributed by atoms with Gasteiger partial charge >= 0.3 is 0 Å². The number of thiophene rings is 1. The third-order valence-corrected chi connectivity index (χ3v) is 7.24. The number of hydrogen-bond acceptors (Lipinski definition) is 4. The molecule has 1 unspecified atom stereocenters. The summed E-state index contributed by atoms with van der Waals surface area (Å²) < 4.78 is 27.1. The van der Waals surface area contributed by atoms with E-state index in [4.69, 9.17) is 0 Å². The summed E-state index contributed by atoms with van der Waals surface area (Å²) in [6, 6.07) is 2.87. The van der Waals surface area contributed by atoms with Gasteiger partial charge in [0.1, 0.15) is 10.3 Å². The molecule has 0 saturated carbocycles. The van der Waals surface area contributed by atoms with Gasteiger partial charge in [-0.1, -0.05) is 19.8 Å². The first kappa shape index (κ1) is 17.4. The summed E-state index contributed by atoms with van der Waals surface area (Å²) in [6.45, 7) is 5.03. The van der Waals surface area contributed by atoms with Crippen LogP contribution in [0.15, 0.2) is 16.3 Å². The van der Waals surface area contributed by atoms with Gasteiger partial charge in [-0.2, -0.15) is 4.31 Å². The van der Waals surface area contributed by atoms with E-state index in [1.807, 2.05) is 6.92 Å². The second-order valence-corrected chi connectivity index (χ2v) is 9.04. The quantitative estimate of drug-likeness (QED) is 0.773. The molecule has 1 fully saturated rings. The zero-order valence-electron chi connectivity index (χ0n) is 13.2. The second kappa shape index (κ2) is 7.57. The van der Waals surface area contributed by atoms with Crippen LogP contribution in [0.4, 0.5) is 0 Å². The molecular weight excluding hydrogens is 320 g/mol. The molecule has 0 bridgehead atoms.